The van der Waals surface area contributed by atoms with Crippen LogP contribution in [-0.2, 0) is 19.9 Å². The molecule has 6 nitrogen and oxygen atoms in total. The molecule has 1 aliphatic heterocycles. The standard InChI is InChI=1S/C9H18N2O4S3/c1-2-8(9(10)16)18(14,15)11-4-3-6-17(12,13)7-5-11/h8H,2-7H2,1H3,(H2,10,16). The normalized spacial score (nSPS) is 23.2. The van der Waals surface area contributed by atoms with Crippen LogP contribution < -0.4 is 5.73 Å². The average molecular weight is 314 g/mol. The minimum atomic E-state index is -3.64. The lowest BCUT2D eigenvalue weighted by atomic mass is 10.3. The van der Waals surface area contributed by atoms with Gasteiger partial charge in [0.05, 0.1) is 16.5 Å². The maximum absolute atomic E-state index is 12.3. The molecule has 9 heteroatoms. The van der Waals surface area contributed by atoms with Gasteiger partial charge < -0.3 is 5.73 Å². The largest absolute Gasteiger partial charge is 0.392 e. The lowest BCUT2D eigenvalue weighted by molar-refractivity contribution is 0.430. The van der Waals surface area contributed by atoms with E-state index < -0.39 is 25.1 Å². The van der Waals surface area contributed by atoms with E-state index in [0.29, 0.717) is 12.8 Å². The Balaban J connectivity index is 2.95. The van der Waals surface area contributed by atoms with Crippen LogP contribution in [0.5, 0.6) is 0 Å². The highest BCUT2D eigenvalue weighted by Crippen LogP contribution is 2.16. The van der Waals surface area contributed by atoms with Crippen molar-refractivity contribution in [3.63, 3.8) is 0 Å². The van der Waals surface area contributed by atoms with Crippen LogP contribution in [0.25, 0.3) is 0 Å². The molecule has 0 aromatic carbocycles. The van der Waals surface area contributed by atoms with E-state index >= 15 is 0 Å². The molecule has 1 saturated heterocycles. The zero-order valence-corrected chi connectivity index (χ0v) is 12.7. The molecule has 1 heterocycles. The molecule has 1 unspecified atom stereocenters. The quantitative estimate of drug-likeness (QED) is 0.703. The first-order valence-electron chi connectivity index (χ1n) is 5.69. The summed E-state index contributed by atoms with van der Waals surface area (Å²) in [6.07, 6.45) is 0.607. The van der Waals surface area contributed by atoms with E-state index in [1.807, 2.05) is 0 Å². The van der Waals surface area contributed by atoms with Crippen molar-refractivity contribution in [3.05, 3.63) is 0 Å². The van der Waals surface area contributed by atoms with Crippen molar-refractivity contribution < 1.29 is 16.8 Å². The van der Waals surface area contributed by atoms with Crippen LogP contribution in [0.15, 0.2) is 0 Å². The summed E-state index contributed by atoms with van der Waals surface area (Å²) in [6, 6.07) is 0. The van der Waals surface area contributed by atoms with Gasteiger partial charge in [-0.05, 0) is 12.8 Å². The number of nitrogens with two attached hydrogens (primary N) is 1. The highest BCUT2D eigenvalue weighted by atomic mass is 32.2. The molecule has 0 saturated carbocycles. The summed E-state index contributed by atoms with van der Waals surface area (Å²) in [7, 11) is -6.78. The number of nitrogens with zero attached hydrogens (tertiary/aromatic N) is 1. The molecule has 1 fully saturated rings. The maximum atomic E-state index is 12.3. The van der Waals surface area contributed by atoms with Crippen LogP contribution in [0.3, 0.4) is 0 Å². The van der Waals surface area contributed by atoms with E-state index in [4.69, 9.17) is 18.0 Å². The molecule has 1 rings (SSSR count). The fraction of sp³-hybridized carbons (Fsp3) is 0.889. The number of sulfone groups is 1. The molecule has 0 bridgehead atoms. The number of hydrogen-bond donors (Lipinski definition) is 1. The molecule has 0 aliphatic carbocycles. The zero-order valence-electron chi connectivity index (χ0n) is 10.2. The van der Waals surface area contributed by atoms with Crippen molar-refractivity contribution in [1.82, 2.24) is 4.31 Å². The van der Waals surface area contributed by atoms with Gasteiger partial charge in [-0.1, -0.05) is 19.1 Å². The Hall–Kier alpha value is -0.250. The van der Waals surface area contributed by atoms with Crippen LogP contribution in [0.2, 0.25) is 0 Å². The van der Waals surface area contributed by atoms with E-state index in [1.165, 1.54) is 4.31 Å². The van der Waals surface area contributed by atoms with Crippen molar-refractivity contribution in [2.75, 3.05) is 24.6 Å². The minimum absolute atomic E-state index is 0.0101. The zero-order chi connectivity index (χ0) is 14.0. The second-order valence-electron chi connectivity index (χ2n) is 4.25. The molecule has 18 heavy (non-hydrogen) atoms. The fourth-order valence-corrected chi connectivity index (χ4v) is 5.63. The minimum Gasteiger partial charge on any atom is -0.392 e. The van der Waals surface area contributed by atoms with Gasteiger partial charge in [-0.2, -0.15) is 0 Å². The van der Waals surface area contributed by atoms with Crippen molar-refractivity contribution in [2.45, 2.75) is 25.0 Å². The second kappa shape index (κ2) is 5.81. The molecular weight excluding hydrogens is 296 g/mol. The molecule has 0 aromatic rings. The van der Waals surface area contributed by atoms with Gasteiger partial charge in [-0.25, -0.2) is 21.1 Å². The summed E-state index contributed by atoms with van der Waals surface area (Å²) in [5, 5.41) is -0.909. The van der Waals surface area contributed by atoms with Gasteiger partial charge in [0.2, 0.25) is 10.0 Å². The maximum Gasteiger partial charge on any atom is 0.223 e. The first-order valence-corrected chi connectivity index (χ1v) is 9.42. The van der Waals surface area contributed by atoms with Crippen LogP contribution in [0, 0.1) is 0 Å². The van der Waals surface area contributed by atoms with Crippen molar-refractivity contribution in [1.29, 1.82) is 0 Å². The van der Waals surface area contributed by atoms with Crippen molar-refractivity contribution >= 4 is 37.1 Å². The van der Waals surface area contributed by atoms with E-state index in [2.05, 4.69) is 0 Å². The fourth-order valence-electron chi connectivity index (χ4n) is 1.91. The Kier molecular flexibility index (Phi) is 5.10. The summed E-state index contributed by atoms with van der Waals surface area (Å²) in [5.74, 6) is -0.108. The number of hydrogen-bond acceptors (Lipinski definition) is 5. The summed E-state index contributed by atoms with van der Waals surface area (Å²) in [6.45, 7) is 1.89. The van der Waals surface area contributed by atoms with Gasteiger partial charge in [-0.3, -0.25) is 0 Å². The Bertz CT molecular complexity index is 512. The molecule has 106 valence electrons. The van der Waals surface area contributed by atoms with Crippen molar-refractivity contribution in [3.8, 4) is 0 Å². The number of rotatable bonds is 4. The molecule has 0 aromatic heterocycles. The number of thiocarbonyl (C=S) groups is 1. The molecule has 0 radical (unpaired) electrons. The topological polar surface area (TPSA) is 97.5 Å². The van der Waals surface area contributed by atoms with Crippen LogP contribution in [0.1, 0.15) is 19.8 Å². The Morgan fingerprint density at radius 3 is 2.50 bits per heavy atom. The molecular formula is C9H18N2O4S3. The lowest BCUT2D eigenvalue weighted by Gasteiger charge is -2.24. The molecule has 0 spiro atoms. The summed E-state index contributed by atoms with van der Waals surface area (Å²) in [4.78, 5) is -0.0652. The predicted molar refractivity (Wildman–Crippen MR) is 74.6 cm³/mol. The van der Waals surface area contributed by atoms with Gasteiger partial charge in [0.25, 0.3) is 0 Å². The molecule has 1 aliphatic rings. The third-order valence-electron chi connectivity index (χ3n) is 2.92. The lowest BCUT2D eigenvalue weighted by Crippen LogP contribution is -2.45. The van der Waals surface area contributed by atoms with E-state index in [1.54, 1.807) is 6.92 Å². The summed E-state index contributed by atoms with van der Waals surface area (Å²) < 4.78 is 48.7. The first-order chi connectivity index (χ1) is 8.20. The van der Waals surface area contributed by atoms with Gasteiger partial charge in [0.1, 0.15) is 5.25 Å². The van der Waals surface area contributed by atoms with Gasteiger partial charge in [-0.15, -0.1) is 0 Å². The smallest absolute Gasteiger partial charge is 0.223 e. The second-order valence-corrected chi connectivity index (χ2v) is 9.14. The summed E-state index contributed by atoms with van der Waals surface area (Å²) >= 11 is 4.77. The van der Waals surface area contributed by atoms with Crippen LogP contribution >= 0.6 is 12.2 Å². The van der Waals surface area contributed by atoms with E-state index in [0.717, 1.165) is 0 Å². The predicted octanol–water partition coefficient (Wildman–Crippen LogP) is -0.499. The van der Waals surface area contributed by atoms with Gasteiger partial charge in [0, 0.05) is 13.1 Å². The van der Waals surface area contributed by atoms with Gasteiger partial charge in [0.15, 0.2) is 9.84 Å². The Morgan fingerprint density at radius 1 is 1.39 bits per heavy atom. The number of sulfonamides is 1. The van der Waals surface area contributed by atoms with Crippen LogP contribution in [0.4, 0.5) is 0 Å². The monoisotopic (exact) mass is 314 g/mol. The first kappa shape index (κ1) is 15.8. The molecule has 1 atom stereocenters. The highest BCUT2D eigenvalue weighted by molar-refractivity contribution is 7.93. The van der Waals surface area contributed by atoms with Gasteiger partial charge >= 0.3 is 0 Å². The Labute approximate surface area is 113 Å². The van der Waals surface area contributed by atoms with E-state index in [9.17, 15) is 16.8 Å². The van der Waals surface area contributed by atoms with Crippen LogP contribution in [-0.4, -0.2) is 56.0 Å². The Morgan fingerprint density at radius 2 is 2.00 bits per heavy atom. The van der Waals surface area contributed by atoms with Crippen molar-refractivity contribution in [2.24, 2.45) is 5.73 Å². The molecule has 2 N–H and O–H groups in total. The highest BCUT2D eigenvalue weighted by Gasteiger charge is 2.34. The molecule has 0 amide bonds. The third kappa shape index (κ3) is 3.62. The van der Waals surface area contributed by atoms with E-state index in [-0.39, 0.29) is 29.6 Å². The summed E-state index contributed by atoms with van der Waals surface area (Å²) in [5.41, 5.74) is 5.44. The average Bonchev–Trinajstić information content (AvgIpc) is 2.39. The third-order valence-corrected chi connectivity index (χ3v) is 7.46. The SMILES string of the molecule is CCC(C(N)=S)S(=O)(=O)N1CCCS(=O)(=O)CC1.